The zero-order chi connectivity index (χ0) is 25.2. The minimum absolute atomic E-state index is 0.0329. The number of hydrogen-bond donors (Lipinski definition) is 1. The van der Waals surface area contributed by atoms with Crippen LogP contribution in [-0.4, -0.2) is 21.7 Å². The molecular weight excluding hydrogens is 458 g/mol. The molecule has 0 spiro atoms. The van der Waals surface area contributed by atoms with Gasteiger partial charge in [0.1, 0.15) is 41.4 Å². The molecule has 5 rings (SSSR count). The van der Waals surface area contributed by atoms with E-state index in [9.17, 15) is 14.7 Å². The van der Waals surface area contributed by atoms with Gasteiger partial charge in [-0.25, -0.2) is 0 Å². The lowest BCUT2D eigenvalue weighted by Crippen LogP contribution is -2.28. The van der Waals surface area contributed by atoms with Crippen LogP contribution >= 0.6 is 0 Å². The Morgan fingerprint density at radius 3 is 2.42 bits per heavy atom. The number of benzene rings is 2. The van der Waals surface area contributed by atoms with Crippen LogP contribution in [0.15, 0.2) is 93.5 Å². The van der Waals surface area contributed by atoms with Crippen molar-refractivity contribution >= 4 is 17.4 Å². The molecule has 1 fully saturated rings. The van der Waals surface area contributed by atoms with E-state index >= 15 is 0 Å². The highest BCUT2D eigenvalue weighted by molar-refractivity contribution is 6.46. The smallest absolute Gasteiger partial charge is 0.296 e. The molecule has 0 saturated carbocycles. The van der Waals surface area contributed by atoms with Crippen LogP contribution in [0.4, 0.5) is 0 Å². The molecule has 36 heavy (non-hydrogen) atoms. The highest BCUT2D eigenvalue weighted by Crippen LogP contribution is 2.41. The van der Waals surface area contributed by atoms with E-state index < -0.39 is 17.7 Å². The average molecular weight is 484 g/mol. The first kappa shape index (κ1) is 23.2. The number of aliphatic hydroxyl groups excluding tert-OH is 1. The Morgan fingerprint density at radius 1 is 0.972 bits per heavy atom. The van der Waals surface area contributed by atoms with Gasteiger partial charge in [-0.3, -0.25) is 9.59 Å². The van der Waals surface area contributed by atoms with Crippen molar-refractivity contribution < 1.29 is 28.3 Å². The fraction of sp³-hybridized carbons (Fsp3) is 0.172. The number of aryl methyl sites for hydroxylation is 2. The minimum atomic E-state index is -0.888. The minimum Gasteiger partial charge on any atom is -0.507 e. The monoisotopic (exact) mass is 483 g/mol. The molecule has 1 N–H and O–H groups in total. The molecule has 2 aromatic carbocycles. The first-order valence-electron chi connectivity index (χ1n) is 11.6. The Labute approximate surface area is 208 Å². The predicted octanol–water partition coefficient (Wildman–Crippen LogP) is 5.69. The molecular formula is C29H25NO6. The summed E-state index contributed by atoms with van der Waals surface area (Å²) >= 11 is 0. The van der Waals surface area contributed by atoms with E-state index in [1.54, 1.807) is 55.5 Å². The third kappa shape index (κ3) is 4.43. The molecule has 4 aromatic rings. The van der Waals surface area contributed by atoms with E-state index in [1.165, 1.54) is 11.2 Å². The van der Waals surface area contributed by atoms with E-state index in [0.29, 0.717) is 35.2 Å². The normalized spacial score (nSPS) is 17.1. The summed E-state index contributed by atoms with van der Waals surface area (Å²) in [5.41, 5.74) is 2.58. The summed E-state index contributed by atoms with van der Waals surface area (Å²) in [5.74, 6) is 0.358. The fourth-order valence-electron chi connectivity index (χ4n) is 4.31. The van der Waals surface area contributed by atoms with Gasteiger partial charge in [0, 0.05) is 5.56 Å². The summed E-state index contributed by atoms with van der Waals surface area (Å²) in [6.07, 6.45) is 1.50. The molecule has 2 aromatic heterocycles. The van der Waals surface area contributed by atoms with Crippen LogP contribution in [0.2, 0.25) is 0 Å². The number of hydrogen-bond acceptors (Lipinski definition) is 6. The Morgan fingerprint density at radius 2 is 1.75 bits per heavy atom. The molecule has 0 radical (unpaired) electrons. The first-order chi connectivity index (χ1) is 17.4. The maximum absolute atomic E-state index is 13.1. The van der Waals surface area contributed by atoms with Crippen LogP contribution in [0.3, 0.4) is 0 Å². The summed E-state index contributed by atoms with van der Waals surface area (Å²) in [4.78, 5) is 27.5. The lowest BCUT2D eigenvalue weighted by Gasteiger charge is -2.22. The second-order valence-corrected chi connectivity index (χ2v) is 8.69. The lowest BCUT2D eigenvalue weighted by molar-refractivity contribution is -0.140. The van der Waals surface area contributed by atoms with Crippen LogP contribution in [0, 0.1) is 13.8 Å². The average Bonchev–Trinajstić information content (AvgIpc) is 3.61. The van der Waals surface area contributed by atoms with Crippen LogP contribution < -0.4 is 4.74 Å². The van der Waals surface area contributed by atoms with Gasteiger partial charge in [-0.15, -0.1) is 0 Å². The Balaban J connectivity index is 1.45. The summed E-state index contributed by atoms with van der Waals surface area (Å²) in [5, 5.41) is 11.2. The third-order valence-electron chi connectivity index (χ3n) is 6.26. The summed E-state index contributed by atoms with van der Waals surface area (Å²) in [6, 6.07) is 20.7. The highest BCUT2D eigenvalue weighted by Gasteiger charge is 2.47. The number of carbonyl (C=O) groups excluding carboxylic acids is 2. The van der Waals surface area contributed by atoms with Gasteiger partial charge in [0.05, 0.1) is 18.4 Å². The highest BCUT2D eigenvalue weighted by atomic mass is 16.5. The fourth-order valence-corrected chi connectivity index (χ4v) is 4.31. The molecule has 182 valence electrons. The molecule has 0 aliphatic carbocycles. The van der Waals surface area contributed by atoms with Gasteiger partial charge in [-0.2, -0.15) is 0 Å². The summed E-state index contributed by atoms with van der Waals surface area (Å²) < 4.78 is 17.1. The quantitative estimate of drug-likeness (QED) is 0.206. The van der Waals surface area contributed by atoms with E-state index in [1.807, 2.05) is 31.2 Å². The number of Topliss-reactive ketones (excluding diaryl/α,β-unsaturated/α-hetero) is 1. The molecule has 1 aliphatic rings. The predicted molar refractivity (Wildman–Crippen MR) is 132 cm³/mol. The molecule has 7 nitrogen and oxygen atoms in total. The molecule has 7 heteroatoms. The number of rotatable bonds is 7. The van der Waals surface area contributed by atoms with Gasteiger partial charge in [-0.1, -0.05) is 24.3 Å². The molecule has 0 bridgehead atoms. The van der Waals surface area contributed by atoms with Crippen LogP contribution in [0.25, 0.3) is 5.76 Å². The van der Waals surface area contributed by atoms with E-state index in [0.717, 1.165) is 11.1 Å². The zero-order valence-corrected chi connectivity index (χ0v) is 19.9. The standard InChI is InChI=1S/C29H25NO6/c1-18-6-3-4-7-21(18)17-35-22-12-10-20(11-13-22)27(31)25-26(24-14-9-19(2)36-24)30(29(33)28(25)32)16-23-8-5-15-34-23/h3-15,26,31H,16-17H2,1-2H3/b27-25-. The van der Waals surface area contributed by atoms with E-state index in [2.05, 4.69) is 0 Å². The van der Waals surface area contributed by atoms with Gasteiger partial charge in [-0.05, 0) is 73.5 Å². The molecule has 1 unspecified atom stereocenters. The van der Waals surface area contributed by atoms with Crippen molar-refractivity contribution in [3.8, 4) is 5.75 Å². The molecule has 1 amide bonds. The van der Waals surface area contributed by atoms with Crippen LogP contribution in [-0.2, 0) is 22.7 Å². The molecule has 3 heterocycles. The molecule has 1 saturated heterocycles. The number of ether oxygens (including phenoxy) is 1. The van der Waals surface area contributed by atoms with Gasteiger partial charge >= 0.3 is 0 Å². The SMILES string of the molecule is Cc1ccc(C2/C(=C(/O)c3ccc(OCc4ccccc4C)cc3)C(=O)C(=O)N2Cc2ccco2)o1. The van der Waals surface area contributed by atoms with Gasteiger partial charge in [0.2, 0.25) is 0 Å². The van der Waals surface area contributed by atoms with Crippen LogP contribution in [0.5, 0.6) is 5.75 Å². The van der Waals surface area contributed by atoms with Gasteiger partial charge in [0.15, 0.2) is 0 Å². The number of ketones is 1. The van der Waals surface area contributed by atoms with E-state index in [-0.39, 0.29) is 17.9 Å². The Kier molecular flexibility index (Phi) is 6.21. The van der Waals surface area contributed by atoms with Crippen molar-refractivity contribution in [3.63, 3.8) is 0 Å². The zero-order valence-electron chi connectivity index (χ0n) is 19.9. The number of carbonyl (C=O) groups is 2. The van der Waals surface area contributed by atoms with Crippen molar-refractivity contribution in [2.24, 2.45) is 0 Å². The van der Waals surface area contributed by atoms with Crippen molar-refractivity contribution in [1.29, 1.82) is 0 Å². The second kappa shape index (κ2) is 9.62. The molecule has 1 atom stereocenters. The lowest BCUT2D eigenvalue weighted by atomic mass is 9.99. The van der Waals surface area contributed by atoms with Crippen molar-refractivity contribution in [3.05, 3.63) is 119 Å². The number of amides is 1. The van der Waals surface area contributed by atoms with Crippen molar-refractivity contribution in [1.82, 2.24) is 4.90 Å². The summed E-state index contributed by atoms with van der Waals surface area (Å²) in [6.45, 7) is 4.27. The van der Waals surface area contributed by atoms with E-state index in [4.69, 9.17) is 13.6 Å². The topological polar surface area (TPSA) is 93.1 Å². The number of furan rings is 2. The molecule has 1 aliphatic heterocycles. The Bertz CT molecular complexity index is 1430. The number of likely N-dealkylation sites (tertiary alicyclic amines) is 1. The third-order valence-corrected chi connectivity index (χ3v) is 6.26. The number of aliphatic hydroxyl groups is 1. The first-order valence-corrected chi connectivity index (χ1v) is 11.6. The number of nitrogens with zero attached hydrogens (tertiary/aromatic N) is 1. The van der Waals surface area contributed by atoms with Crippen LogP contribution in [0.1, 0.15) is 40.0 Å². The maximum Gasteiger partial charge on any atom is 0.296 e. The van der Waals surface area contributed by atoms with Gasteiger partial charge in [0.25, 0.3) is 11.7 Å². The maximum atomic E-state index is 13.1. The summed E-state index contributed by atoms with van der Waals surface area (Å²) in [7, 11) is 0. The Hall–Kier alpha value is -4.52. The second-order valence-electron chi connectivity index (χ2n) is 8.69. The largest absolute Gasteiger partial charge is 0.507 e. The van der Waals surface area contributed by atoms with Gasteiger partial charge < -0.3 is 23.6 Å². The van der Waals surface area contributed by atoms with Crippen molar-refractivity contribution in [2.75, 3.05) is 0 Å². The van der Waals surface area contributed by atoms with Crippen molar-refractivity contribution in [2.45, 2.75) is 33.0 Å².